The summed E-state index contributed by atoms with van der Waals surface area (Å²) < 4.78 is 0. The number of anilines is 3. The van der Waals surface area contributed by atoms with Crippen molar-refractivity contribution in [2.75, 3.05) is 4.90 Å². The molecule has 3 aromatic carbocycles. The Hall–Kier alpha value is -4.30. The monoisotopic (exact) mass is 483 g/mol. The third kappa shape index (κ3) is 4.56. The maximum absolute atomic E-state index is 12.4. The number of benzene rings is 3. The van der Waals surface area contributed by atoms with E-state index < -0.39 is 17.8 Å². The molecule has 0 bridgehead atoms. The van der Waals surface area contributed by atoms with Crippen LogP contribution in [-0.2, 0) is 14.4 Å². The van der Waals surface area contributed by atoms with Crippen molar-refractivity contribution in [2.24, 2.45) is 0 Å². The third-order valence-corrected chi connectivity index (χ3v) is 6.74. The van der Waals surface area contributed by atoms with Gasteiger partial charge in [-0.3, -0.25) is 9.59 Å². The normalized spacial score (nSPS) is 13.2. The Balaban J connectivity index is 1.42. The summed E-state index contributed by atoms with van der Waals surface area (Å²) in [5.74, 6) is -1.77. The van der Waals surface area contributed by atoms with Crippen molar-refractivity contribution in [2.45, 2.75) is 19.8 Å². The van der Waals surface area contributed by atoms with Crippen molar-refractivity contribution in [3.05, 3.63) is 96.2 Å². The Kier molecular flexibility index (Phi) is 6.12. The van der Waals surface area contributed by atoms with E-state index in [1.165, 1.54) is 0 Å². The molecule has 0 spiro atoms. The number of rotatable bonds is 6. The Labute approximate surface area is 206 Å². The van der Waals surface area contributed by atoms with E-state index in [0.717, 1.165) is 32.6 Å². The molecule has 1 aliphatic rings. The quantitative estimate of drug-likeness (QED) is 0.322. The standard InChI is InChI=1S/C27H21N3O4S/c1-18-26(29(21-8-4-2-5-9-21)22-10-6-3-7-11-22)35-25(28-18)19-12-14-20(15-13-19)27(33)34-30-23(31)16-17-24(30)32/h2-15H,16-17H2,1H3. The molecule has 0 saturated carbocycles. The zero-order valence-corrected chi connectivity index (χ0v) is 19.7. The van der Waals surface area contributed by atoms with E-state index in [0.29, 0.717) is 5.06 Å². The van der Waals surface area contributed by atoms with Crippen molar-refractivity contribution in [1.29, 1.82) is 0 Å². The minimum absolute atomic E-state index is 0.0553. The fourth-order valence-electron chi connectivity index (χ4n) is 3.80. The zero-order valence-electron chi connectivity index (χ0n) is 18.9. The number of aromatic nitrogens is 1. The Morgan fingerprint density at radius 3 is 1.94 bits per heavy atom. The van der Waals surface area contributed by atoms with Gasteiger partial charge >= 0.3 is 5.97 Å². The molecule has 35 heavy (non-hydrogen) atoms. The van der Waals surface area contributed by atoms with E-state index in [4.69, 9.17) is 9.82 Å². The van der Waals surface area contributed by atoms with Crippen molar-refractivity contribution >= 4 is 45.5 Å². The summed E-state index contributed by atoms with van der Waals surface area (Å²) in [6.45, 7) is 1.98. The van der Waals surface area contributed by atoms with Crippen LogP contribution >= 0.6 is 11.3 Å². The van der Waals surface area contributed by atoms with Crippen LogP contribution in [0.15, 0.2) is 84.9 Å². The van der Waals surface area contributed by atoms with Gasteiger partial charge in [-0.05, 0) is 43.3 Å². The second-order valence-electron chi connectivity index (χ2n) is 7.95. The smallest absolute Gasteiger partial charge is 0.325 e. The van der Waals surface area contributed by atoms with Crippen LogP contribution in [0.5, 0.6) is 0 Å². The number of amides is 2. The fraction of sp³-hybridized carbons (Fsp3) is 0.111. The van der Waals surface area contributed by atoms with Gasteiger partial charge in [0, 0.05) is 29.8 Å². The predicted molar refractivity (Wildman–Crippen MR) is 133 cm³/mol. The Morgan fingerprint density at radius 2 is 1.40 bits per heavy atom. The van der Waals surface area contributed by atoms with Crippen molar-refractivity contribution < 1.29 is 19.2 Å². The molecule has 174 valence electrons. The van der Waals surface area contributed by atoms with Gasteiger partial charge in [-0.25, -0.2) is 9.78 Å². The zero-order chi connectivity index (χ0) is 24.4. The highest BCUT2D eigenvalue weighted by Crippen LogP contribution is 2.42. The summed E-state index contributed by atoms with van der Waals surface area (Å²) in [4.78, 5) is 47.8. The van der Waals surface area contributed by atoms with Crippen LogP contribution in [0.3, 0.4) is 0 Å². The number of hydrogen-bond donors (Lipinski definition) is 0. The van der Waals surface area contributed by atoms with E-state index in [9.17, 15) is 14.4 Å². The predicted octanol–water partition coefficient (Wildman–Crippen LogP) is 5.81. The third-order valence-electron chi connectivity index (χ3n) is 5.55. The molecule has 0 aliphatic carbocycles. The average molecular weight is 484 g/mol. The second kappa shape index (κ2) is 9.52. The van der Waals surface area contributed by atoms with Crippen molar-refractivity contribution in [3.8, 4) is 10.6 Å². The van der Waals surface area contributed by atoms with Gasteiger partial charge in [-0.2, -0.15) is 0 Å². The summed E-state index contributed by atoms with van der Waals surface area (Å²) in [5.41, 5.74) is 4.02. The molecule has 0 N–H and O–H groups in total. The number of thiazole rings is 1. The highest BCUT2D eigenvalue weighted by Gasteiger charge is 2.33. The number of para-hydroxylation sites is 2. The summed E-state index contributed by atoms with van der Waals surface area (Å²) in [7, 11) is 0. The number of aryl methyl sites for hydroxylation is 1. The first-order chi connectivity index (χ1) is 17.0. The number of hydrogen-bond acceptors (Lipinski definition) is 7. The van der Waals surface area contributed by atoms with Gasteiger partial charge < -0.3 is 9.74 Å². The highest BCUT2D eigenvalue weighted by molar-refractivity contribution is 7.19. The average Bonchev–Trinajstić information content (AvgIpc) is 3.42. The maximum Gasteiger partial charge on any atom is 0.363 e. The van der Waals surface area contributed by atoms with Crippen molar-refractivity contribution in [1.82, 2.24) is 10.0 Å². The molecule has 4 aromatic rings. The molecule has 1 saturated heterocycles. The van der Waals surface area contributed by atoms with Gasteiger partial charge in [0.1, 0.15) is 10.0 Å². The van der Waals surface area contributed by atoms with E-state index in [1.54, 1.807) is 35.6 Å². The summed E-state index contributed by atoms with van der Waals surface area (Å²) >= 11 is 1.55. The molecule has 5 rings (SSSR count). The Morgan fingerprint density at radius 1 is 0.857 bits per heavy atom. The van der Waals surface area contributed by atoms with E-state index in [1.807, 2.05) is 43.3 Å². The number of imide groups is 1. The molecule has 0 radical (unpaired) electrons. The highest BCUT2D eigenvalue weighted by atomic mass is 32.1. The van der Waals surface area contributed by atoms with Gasteiger partial charge in [-0.1, -0.05) is 59.9 Å². The second-order valence-corrected chi connectivity index (χ2v) is 8.93. The minimum atomic E-state index is -0.754. The molecule has 0 unspecified atom stereocenters. The van der Waals surface area contributed by atoms with Gasteiger partial charge in [0.25, 0.3) is 11.8 Å². The van der Waals surface area contributed by atoms with Gasteiger partial charge in [0.05, 0.1) is 11.3 Å². The first kappa shape index (κ1) is 22.5. The summed E-state index contributed by atoms with van der Waals surface area (Å²) in [6.07, 6.45) is 0.111. The molecule has 0 atom stereocenters. The van der Waals surface area contributed by atoms with E-state index in [-0.39, 0.29) is 18.4 Å². The molecule has 1 aromatic heterocycles. The molecule has 2 amide bonds. The molecule has 1 aliphatic heterocycles. The number of nitrogens with zero attached hydrogens (tertiary/aromatic N) is 3. The first-order valence-corrected chi connectivity index (χ1v) is 11.9. The van der Waals surface area contributed by atoms with E-state index >= 15 is 0 Å². The van der Waals surface area contributed by atoms with Crippen LogP contribution in [0.1, 0.15) is 28.9 Å². The maximum atomic E-state index is 12.4. The van der Waals surface area contributed by atoms with E-state index in [2.05, 4.69) is 29.2 Å². The molecular formula is C27H21N3O4S. The molecule has 2 heterocycles. The topological polar surface area (TPSA) is 79.8 Å². The lowest BCUT2D eigenvalue weighted by atomic mass is 10.1. The Bertz CT molecular complexity index is 1330. The lowest BCUT2D eigenvalue weighted by Gasteiger charge is -2.23. The van der Waals surface area contributed by atoms with Gasteiger partial charge in [-0.15, -0.1) is 5.06 Å². The number of carbonyl (C=O) groups excluding carboxylic acids is 3. The van der Waals surface area contributed by atoms with Gasteiger partial charge in [0.15, 0.2) is 0 Å². The largest absolute Gasteiger partial charge is 0.363 e. The number of carbonyl (C=O) groups is 3. The van der Waals surface area contributed by atoms with Crippen LogP contribution in [0.2, 0.25) is 0 Å². The lowest BCUT2D eigenvalue weighted by molar-refractivity contribution is -0.172. The first-order valence-electron chi connectivity index (χ1n) is 11.1. The van der Waals surface area contributed by atoms with Crippen LogP contribution in [0, 0.1) is 6.92 Å². The molecule has 7 nitrogen and oxygen atoms in total. The molecular weight excluding hydrogens is 462 g/mol. The molecule has 8 heteroatoms. The summed E-state index contributed by atoms with van der Waals surface area (Å²) in [6, 6.07) is 27.0. The summed E-state index contributed by atoms with van der Waals surface area (Å²) in [5, 5.41) is 2.35. The van der Waals surface area contributed by atoms with Crippen LogP contribution in [0.25, 0.3) is 10.6 Å². The van der Waals surface area contributed by atoms with Crippen LogP contribution in [0.4, 0.5) is 16.4 Å². The fourth-order valence-corrected chi connectivity index (χ4v) is 4.91. The lowest BCUT2D eigenvalue weighted by Crippen LogP contribution is -2.32. The van der Waals surface area contributed by atoms with Crippen molar-refractivity contribution in [3.63, 3.8) is 0 Å². The number of hydroxylamine groups is 2. The molecule has 1 fully saturated rings. The van der Waals surface area contributed by atoms with Crippen LogP contribution in [-0.4, -0.2) is 27.8 Å². The minimum Gasteiger partial charge on any atom is -0.325 e. The SMILES string of the molecule is Cc1nc(-c2ccc(C(=O)ON3C(=O)CCC3=O)cc2)sc1N(c1ccccc1)c1ccccc1. The van der Waals surface area contributed by atoms with Gasteiger partial charge in [0.2, 0.25) is 0 Å². The van der Waals surface area contributed by atoms with Crippen LogP contribution < -0.4 is 4.90 Å².